The third-order valence-corrected chi connectivity index (χ3v) is 3.59. The summed E-state index contributed by atoms with van der Waals surface area (Å²) < 4.78 is 55.4. The molecule has 0 spiro atoms. The number of likely N-dealkylation sites (tertiary alicyclic amines) is 1. The lowest BCUT2D eigenvalue weighted by Gasteiger charge is -2.31. The molecular formula is C14H15F4N3O3. The van der Waals surface area contributed by atoms with Crippen molar-refractivity contribution >= 4 is 17.6 Å². The SMILES string of the molecule is NC(=O)[C@@H]1CCCN(C(=O)Nc2cc(F)c(OC(F)F)cc2F)C1. The number of rotatable bonds is 4. The van der Waals surface area contributed by atoms with Crippen LogP contribution in [0.4, 0.5) is 28.0 Å². The number of carbonyl (C=O) groups excluding carboxylic acids is 2. The van der Waals surface area contributed by atoms with Crippen molar-refractivity contribution in [3.05, 3.63) is 23.8 Å². The Kier molecular flexibility index (Phi) is 5.47. The van der Waals surface area contributed by atoms with Crippen LogP contribution in [0.5, 0.6) is 5.75 Å². The van der Waals surface area contributed by atoms with Gasteiger partial charge in [-0.2, -0.15) is 8.78 Å². The van der Waals surface area contributed by atoms with Crippen LogP contribution in [0.2, 0.25) is 0 Å². The zero-order valence-corrected chi connectivity index (χ0v) is 12.4. The van der Waals surface area contributed by atoms with Crippen molar-refractivity contribution in [1.82, 2.24) is 4.90 Å². The Hall–Kier alpha value is -2.52. The normalized spacial score (nSPS) is 17.7. The van der Waals surface area contributed by atoms with Gasteiger partial charge >= 0.3 is 12.6 Å². The van der Waals surface area contributed by atoms with Gasteiger partial charge in [0.25, 0.3) is 0 Å². The lowest BCUT2D eigenvalue weighted by molar-refractivity contribution is -0.123. The maximum atomic E-state index is 13.8. The quantitative estimate of drug-likeness (QED) is 0.818. The summed E-state index contributed by atoms with van der Waals surface area (Å²) in [4.78, 5) is 24.5. The fourth-order valence-corrected chi connectivity index (χ4v) is 2.40. The molecule has 3 N–H and O–H groups in total. The smallest absolute Gasteiger partial charge is 0.387 e. The van der Waals surface area contributed by atoms with E-state index in [1.54, 1.807) is 0 Å². The fraction of sp³-hybridized carbons (Fsp3) is 0.429. The first-order valence-corrected chi connectivity index (χ1v) is 7.07. The molecule has 1 atom stereocenters. The largest absolute Gasteiger partial charge is 0.432 e. The van der Waals surface area contributed by atoms with E-state index in [2.05, 4.69) is 10.1 Å². The van der Waals surface area contributed by atoms with Gasteiger partial charge in [0.15, 0.2) is 17.4 Å². The summed E-state index contributed by atoms with van der Waals surface area (Å²) in [6.07, 6.45) is 1.08. The zero-order valence-electron chi connectivity index (χ0n) is 12.4. The number of alkyl halides is 2. The average molecular weight is 349 g/mol. The Morgan fingerprint density at radius 1 is 1.29 bits per heavy atom. The standard InChI is InChI=1S/C14H15F4N3O3/c15-8-5-11(24-13(17)18)9(16)4-10(8)20-14(23)21-3-1-2-7(6-21)12(19)22/h4-5,7,13H,1-3,6H2,(H2,19,22)(H,20,23)/t7-/m1/s1. The number of hydrogen-bond donors (Lipinski definition) is 2. The van der Waals surface area contributed by atoms with Gasteiger partial charge in [0.2, 0.25) is 5.91 Å². The van der Waals surface area contributed by atoms with Crippen LogP contribution in [0, 0.1) is 17.6 Å². The highest BCUT2D eigenvalue weighted by atomic mass is 19.3. The van der Waals surface area contributed by atoms with Crippen LogP contribution in [0.3, 0.4) is 0 Å². The van der Waals surface area contributed by atoms with Gasteiger partial charge in [-0.3, -0.25) is 4.79 Å². The number of nitrogens with two attached hydrogens (primary N) is 1. The summed E-state index contributed by atoms with van der Waals surface area (Å²) in [5.74, 6) is -4.40. The highest BCUT2D eigenvalue weighted by Crippen LogP contribution is 2.27. The molecule has 3 amide bonds. The van der Waals surface area contributed by atoms with E-state index in [1.807, 2.05) is 0 Å². The molecule has 1 saturated heterocycles. The Bertz CT molecular complexity index is 642. The highest BCUT2D eigenvalue weighted by molar-refractivity contribution is 5.90. The van der Waals surface area contributed by atoms with Crippen molar-refractivity contribution in [2.75, 3.05) is 18.4 Å². The van der Waals surface area contributed by atoms with Crippen molar-refractivity contribution in [2.24, 2.45) is 11.7 Å². The number of piperidine rings is 1. The van der Waals surface area contributed by atoms with Crippen molar-refractivity contribution in [1.29, 1.82) is 0 Å². The maximum Gasteiger partial charge on any atom is 0.387 e. The Labute approximate surface area is 134 Å². The van der Waals surface area contributed by atoms with E-state index in [0.717, 1.165) is 0 Å². The third kappa shape index (κ3) is 4.27. The molecule has 0 saturated carbocycles. The Morgan fingerprint density at radius 2 is 2.00 bits per heavy atom. The Balaban J connectivity index is 2.08. The summed E-state index contributed by atoms with van der Waals surface area (Å²) in [6.45, 7) is -2.91. The monoisotopic (exact) mass is 349 g/mol. The van der Waals surface area contributed by atoms with Crippen molar-refractivity contribution in [3.8, 4) is 5.75 Å². The van der Waals surface area contributed by atoms with Crippen LogP contribution in [-0.4, -0.2) is 36.5 Å². The number of urea groups is 1. The fourth-order valence-electron chi connectivity index (χ4n) is 2.40. The molecule has 24 heavy (non-hydrogen) atoms. The molecule has 0 radical (unpaired) electrons. The second kappa shape index (κ2) is 7.37. The highest BCUT2D eigenvalue weighted by Gasteiger charge is 2.27. The van der Waals surface area contributed by atoms with Crippen LogP contribution in [0.25, 0.3) is 0 Å². The summed E-state index contributed by atoms with van der Waals surface area (Å²) in [5, 5.41) is 2.14. The molecule has 0 aromatic heterocycles. The number of hydrogen-bond acceptors (Lipinski definition) is 3. The molecule has 10 heteroatoms. The molecule has 1 aliphatic heterocycles. The Morgan fingerprint density at radius 3 is 2.62 bits per heavy atom. The number of carbonyl (C=O) groups is 2. The van der Waals surface area contributed by atoms with Gasteiger partial charge in [-0.05, 0) is 12.8 Å². The van der Waals surface area contributed by atoms with E-state index < -0.39 is 47.5 Å². The lowest BCUT2D eigenvalue weighted by atomic mass is 9.98. The van der Waals surface area contributed by atoms with Crippen LogP contribution in [-0.2, 0) is 4.79 Å². The first-order chi connectivity index (χ1) is 11.3. The topological polar surface area (TPSA) is 84.7 Å². The maximum absolute atomic E-state index is 13.8. The van der Waals surface area contributed by atoms with E-state index in [4.69, 9.17) is 5.73 Å². The van der Waals surface area contributed by atoms with Crippen molar-refractivity contribution in [3.63, 3.8) is 0 Å². The van der Waals surface area contributed by atoms with Gasteiger partial charge in [-0.1, -0.05) is 0 Å². The molecule has 0 bridgehead atoms. The molecule has 132 valence electrons. The second-order valence-corrected chi connectivity index (χ2v) is 5.26. The molecule has 1 aliphatic rings. The number of nitrogens with zero attached hydrogens (tertiary/aromatic N) is 1. The van der Waals surface area contributed by atoms with Crippen LogP contribution < -0.4 is 15.8 Å². The first-order valence-electron chi connectivity index (χ1n) is 7.07. The molecule has 2 rings (SSSR count). The van der Waals surface area contributed by atoms with E-state index in [0.29, 0.717) is 31.5 Å². The van der Waals surface area contributed by atoms with E-state index in [-0.39, 0.29) is 6.54 Å². The van der Waals surface area contributed by atoms with E-state index in [1.165, 1.54) is 4.90 Å². The molecule has 1 fully saturated rings. The minimum Gasteiger partial charge on any atom is -0.432 e. The van der Waals surface area contributed by atoms with Gasteiger partial charge in [-0.25, -0.2) is 13.6 Å². The minimum atomic E-state index is -3.31. The van der Waals surface area contributed by atoms with Crippen molar-refractivity contribution in [2.45, 2.75) is 19.5 Å². The molecule has 1 aromatic carbocycles. The summed E-state index contributed by atoms with van der Waals surface area (Å²) >= 11 is 0. The molecular weight excluding hydrogens is 334 g/mol. The van der Waals surface area contributed by atoms with Crippen LogP contribution in [0.1, 0.15) is 12.8 Å². The molecule has 0 aliphatic carbocycles. The number of halogens is 4. The predicted octanol–water partition coefficient (Wildman–Crippen LogP) is 2.30. The second-order valence-electron chi connectivity index (χ2n) is 5.26. The molecule has 0 unspecified atom stereocenters. The van der Waals surface area contributed by atoms with E-state index in [9.17, 15) is 27.2 Å². The van der Waals surface area contributed by atoms with Crippen LogP contribution in [0.15, 0.2) is 12.1 Å². The van der Waals surface area contributed by atoms with Gasteiger partial charge in [0, 0.05) is 25.2 Å². The molecule has 1 aromatic rings. The van der Waals surface area contributed by atoms with Gasteiger partial charge in [-0.15, -0.1) is 0 Å². The summed E-state index contributed by atoms with van der Waals surface area (Å²) in [6, 6.07) is 0.210. The summed E-state index contributed by atoms with van der Waals surface area (Å²) in [7, 11) is 0. The minimum absolute atomic E-state index is 0.0673. The van der Waals surface area contributed by atoms with Crippen molar-refractivity contribution < 1.29 is 31.9 Å². The zero-order chi connectivity index (χ0) is 17.9. The average Bonchev–Trinajstić information content (AvgIpc) is 2.51. The third-order valence-electron chi connectivity index (χ3n) is 3.59. The summed E-state index contributed by atoms with van der Waals surface area (Å²) in [5.41, 5.74) is 4.67. The predicted molar refractivity (Wildman–Crippen MR) is 75.5 cm³/mol. The van der Waals surface area contributed by atoms with Crippen LogP contribution >= 0.6 is 0 Å². The lowest BCUT2D eigenvalue weighted by Crippen LogP contribution is -2.45. The van der Waals surface area contributed by atoms with Gasteiger partial charge in [0.05, 0.1) is 11.6 Å². The van der Waals surface area contributed by atoms with Gasteiger partial charge < -0.3 is 20.7 Å². The number of benzene rings is 1. The number of nitrogens with one attached hydrogen (secondary N) is 1. The number of amides is 3. The number of anilines is 1. The van der Waals surface area contributed by atoms with Gasteiger partial charge in [0.1, 0.15) is 0 Å². The number of primary amides is 1. The first kappa shape index (κ1) is 17.8. The van der Waals surface area contributed by atoms with E-state index >= 15 is 0 Å². The molecule has 6 nitrogen and oxygen atoms in total. The molecule has 1 heterocycles. The number of ether oxygens (including phenoxy) is 1.